The highest BCUT2D eigenvalue weighted by Crippen LogP contribution is 2.28. The van der Waals surface area contributed by atoms with E-state index in [0.717, 1.165) is 29.5 Å². The second-order valence-electron chi connectivity index (χ2n) is 8.02. The minimum atomic E-state index is -0.231. The topological polar surface area (TPSA) is 61.8 Å². The molecule has 4 rings (SSSR count). The van der Waals surface area contributed by atoms with Crippen molar-refractivity contribution in [1.29, 1.82) is 0 Å². The number of nitrogens with zero attached hydrogens (tertiary/aromatic N) is 2. The molecule has 5 nitrogen and oxygen atoms in total. The summed E-state index contributed by atoms with van der Waals surface area (Å²) in [6.45, 7) is 8.42. The molecule has 0 aliphatic carbocycles. The monoisotopic (exact) mass is 437 g/mol. The molecule has 0 saturated carbocycles. The Kier molecular flexibility index (Phi) is 6.79. The third-order valence-electron chi connectivity index (χ3n) is 6.07. The van der Waals surface area contributed by atoms with Gasteiger partial charge in [0.1, 0.15) is 0 Å². The third-order valence-corrected chi connectivity index (χ3v) is 6.07. The molecule has 3 aromatic carbocycles. The van der Waals surface area contributed by atoms with Crippen LogP contribution in [0.2, 0.25) is 0 Å². The molecule has 1 unspecified atom stereocenters. The van der Waals surface area contributed by atoms with Gasteiger partial charge in [0, 0.05) is 30.3 Å². The van der Waals surface area contributed by atoms with Crippen molar-refractivity contribution < 1.29 is 9.59 Å². The summed E-state index contributed by atoms with van der Waals surface area (Å²) < 4.78 is 0. The van der Waals surface area contributed by atoms with Crippen LogP contribution in [0.25, 0.3) is 17.2 Å². The van der Waals surface area contributed by atoms with E-state index in [1.807, 2.05) is 65.6 Å². The summed E-state index contributed by atoms with van der Waals surface area (Å²) in [7, 11) is 0. The number of likely N-dealkylation sites (tertiary alicyclic amines) is 1. The Morgan fingerprint density at radius 3 is 2.48 bits per heavy atom. The summed E-state index contributed by atoms with van der Waals surface area (Å²) >= 11 is 0. The molecule has 0 aromatic heterocycles. The van der Waals surface area contributed by atoms with E-state index in [0.29, 0.717) is 29.9 Å². The van der Waals surface area contributed by atoms with Gasteiger partial charge in [-0.15, -0.1) is 0 Å². The molecule has 1 heterocycles. The fourth-order valence-electron chi connectivity index (χ4n) is 4.40. The van der Waals surface area contributed by atoms with Gasteiger partial charge in [-0.05, 0) is 42.8 Å². The summed E-state index contributed by atoms with van der Waals surface area (Å²) in [6.07, 6.45) is 3.41. The lowest BCUT2D eigenvalue weighted by molar-refractivity contribution is 0.0726. The Bertz CT molecular complexity index is 1190. The summed E-state index contributed by atoms with van der Waals surface area (Å²) in [5.41, 5.74) is 4.33. The lowest BCUT2D eigenvalue weighted by Crippen LogP contribution is -2.43. The highest BCUT2D eigenvalue weighted by molar-refractivity contribution is 6.02. The number of benzene rings is 3. The zero-order valence-electron chi connectivity index (χ0n) is 18.5. The Hall–Kier alpha value is -3.99. The molecule has 2 amide bonds. The molecule has 166 valence electrons. The van der Waals surface area contributed by atoms with E-state index in [9.17, 15) is 9.59 Å². The van der Waals surface area contributed by atoms with Crippen LogP contribution in [-0.2, 0) is 0 Å². The van der Waals surface area contributed by atoms with Gasteiger partial charge in [0.25, 0.3) is 11.8 Å². The second-order valence-corrected chi connectivity index (χ2v) is 8.02. The van der Waals surface area contributed by atoms with Crippen LogP contribution >= 0.6 is 0 Å². The molecular weight excluding hydrogens is 410 g/mol. The van der Waals surface area contributed by atoms with Gasteiger partial charge < -0.3 is 10.2 Å². The summed E-state index contributed by atoms with van der Waals surface area (Å²) in [5.74, 6) is -0.238. The van der Waals surface area contributed by atoms with Gasteiger partial charge in [-0.25, -0.2) is 0 Å². The fourth-order valence-corrected chi connectivity index (χ4v) is 4.40. The molecule has 1 fully saturated rings. The van der Waals surface area contributed by atoms with Crippen LogP contribution in [0.1, 0.15) is 39.1 Å². The van der Waals surface area contributed by atoms with Crippen molar-refractivity contribution in [3.8, 4) is 11.1 Å². The van der Waals surface area contributed by atoms with Gasteiger partial charge in [-0.1, -0.05) is 73.3 Å². The normalized spacial score (nSPS) is 15.2. The number of nitrogens with one attached hydrogen (secondary N) is 1. The van der Waals surface area contributed by atoms with Crippen LogP contribution in [0.15, 0.2) is 84.4 Å². The first-order valence-electron chi connectivity index (χ1n) is 11.1. The Labute approximate surface area is 194 Å². The van der Waals surface area contributed by atoms with Gasteiger partial charge in [-0.2, -0.15) is 0 Å². The fraction of sp³-hybridized carbons (Fsp3) is 0.179. The van der Waals surface area contributed by atoms with Crippen LogP contribution in [0, 0.1) is 0 Å². The van der Waals surface area contributed by atoms with E-state index in [-0.39, 0.29) is 17.9 Å². The van der Waals surface area contributed by atoms with Gasteiger partial charge in [0.05, 0.1) is 11.3 Å². The van der Waals surface area contributed by atoms with E-state index in [4.69, 9.17) is 0 Å². The molecule has 1 N–H and O–H groups in total. The summed E-state index contributed by atoms with van der Waals surface area (Å²) in [4.78, 5) is 32.3. The molecule has 1 aliphatic rings. The van der Waals surface area contributed by atoms with Crippen molar-refractivity contribution in [1.82, 2.24) is 10.2 Å². The zero-order chi connectivity index (χ0) is 23.2. The molecule has 0 bridgehead atoms. The number of amides is 2. The van der Waals surface area contributed by atoms with E-state index >= 15 is 0 Å². The zero-order valence-corrected chi connectivity index (χ0v) is 18.5. The standard InChI is InChI=1S/C28H27N3O2/c1-3-20-13-9-17-25(26(20)29-2)27(32)30-19-22-14-10-18-31(22)28(33)24-16-8-7-15-23(24)21-11-5-4-6-12-21/h3-9,11-13,15-17,22H,1-2,10,14,18-19H2,(H,30,32). The summed E-state index contributed by atoms with van der Waals surface area (Å²) in [5, 5.41) is 2.99. The molecule has 0 radical (unpaired) electrons. The summed E-state index contributed by atoms with van der Waals surface area (Å²) in [6, 6.07) is 22.9. The number of para-hydroxylation sites is 1. The van der Waals surface area contributed by atoms with Crippen molar-refractivity contribution in [2.75, 3.05) is 13.1 Å². The maximum absolute atomic E-state index is 13.5. The maximum atomic E-state index is 13.5. The van der Waals surface area contributed by atoms with Crippen molar-refractivity contribution in [3.05, 3.63) is 96.1 Å². The van der Waals surface area contributed by atoms with Gasteiger partial charge in [0.2, 0.25) is 0 Å². The molecule has 1 atom stereocenters. The first-order valence-corrected chi connectivity index (χ1v) is 11.1. The first-order chi connectivity index (χ1) is 16.1. The molecule has 0 spiro atoms. The van der Waals surface area contributed by atoms with Crippen molar-refractivity contribution in [3.63, 3.8) is 0 Å². The van der Waals surface area contributed by atoms with Crippen molar-refractivity contribution in [2.45, 2.75) is 18.9 Å². The highest BCUT2D eigenvalue weighted by Gasteiger charge is 2.31. The number of rotatable bonds is 7. The van der Waals surface area contributed by atoms with Crippen LogP contribution in [0.5, 0.6) is 0 Å². The van der Waals surface area contributed by atoms with Crippen LogP contribution < -0.4 is 5.32 Å². The van der Waals surface area contributed by atoms with E-state index < -0.39 is 0 Å². The van der Waals surface area contributed by atoms with Crippen molar-refractivity contribution >= 4 is 30.3 Å². The smallest absolute Gasteiger partial charge is 0.254 e. The first kappa shape index (κ1) is 22.2. The maximum Gasteiger partial charge on any atom is 0.254 e. The van der Waals surface area contributed by atoms with Gasteiger partial charge in [-0.3, -0.25) is 14.6 Å². The minimum Gasteiger partial charge on any atom is -0.350 e. The molecule has 3 aromatic rings. The second kappa shape index (κ2) is 10.1. The predicted octanol–water partition coefficient (Wildman–Crippen LogP) is 5.36. The lowest BCUT2D eigenvalue weighted by atomic mass is 9.98. The molecule has 1 aliphatic heterocycles. The van der Waals surface area contributed by atoms with E-state index in [1.54, 1.807) is 18.2 Å². The SMILES string of the molecule is C=Cc1cccc(C(=O)NCC2CCCN2C(=O)c2ccccc2-c2ccccc2)c1N=C. The van der Waals surface area contributed by atoms with Crippen LogP contribution in [0.3, 0.4) is 0 Å². The average molecular weight is 438 g/mol. The third kappa shape index (κ3) is 4.62. The Morgan fingerprint density at radius 2 is 1.73 bits per heavy atom. The van der Waals surface area contributed by atoms with Gasteiger partial charge in [0.15, 0.2) is 0 Å². The quantitative estimate of drug-likeness (QED) is 0.506. The number of hydrogen-bond donors (Lipinski definition) is 1. The molecule has 5 heteroatoms. The van der Waals surface area contributed by atoms with E-state index in [1.165, 1.54) is 0 Å². The Balaban J connectivity index is 1.51. The van der Waals surface area contributed by atoms with Crippen molar-refractivity contribution in [2.24, 2.45) is 4.99 Å². The Morgan fingerprint density at radius 1 is 1.00 bits per heavy atom. The highest BCUT2D eigenvalue weighted by atomic mass is 16.2. The molecule has 1 saturated heterocycles. The minimum absolute atomic E-state index is 0.00620. The average Bonchev–Trinajstić information content (AvgIpc) is 3.35. The number of carbonyl (C=O) groups is 2. The molecule has 33 heavy (non-hydrogen) atoms. The largest absolute Gasteiger partial charge is 0.350 e. The number of hydrogen-bond acceptors (Lipinski definition) is 3. The van der Waals surface area contributed by atoms with Crippen LogP contribution in [0.4, 0.5) is 5.69 Å². The van der Waals surface area contributed by atoms with Crippen LogP contribution in [-0.4, -0.2) is 42.6 Å². The predicted molar refractivity (Wildman–Crippen MR) is 134 cm³/mol. The molecular formula is C28H27N3O2. The van der Waals surface area contributed by atoms with Gasteiger partial charge >= 0.3 is 0 Å². The number of carbonyl (C=O) groups excluding carboxylic acids is 2. The van der Waals surface area contributed by atoms with E-state index in [2.05, 4.69) is 23.6 Å². The number of aliphatic imine (C=N–C) groups is 1. The lowest BCUT2D eigenvalue weighted by Gasteiger charge is -2.26.